The normalized spacial score (nSPS) is 13.4. The lowest BCUT2D eigenvalue weighted by Gasteiger charge is -2.26. The number of hydrogen-bond acceptors (Lipinski definition) is 5. The number of alkyl halides is 6. The lowest BCUT2D eigenvalue weighted by molar-refractivity contribution is -0.141. The van der Waals surface area contributed by atoms with E-state index in [9.17, 15) is 30.6 Å². The van der Waals surface area contributed by atoms with Crippen molar-refractivity contribution in [2.45, 2.75) is 24.2 Å². The lowest BCUT2D eigenvalue weighted by Crippen LogP contribution is -2.31. The minimum atomic E-state index is -4.71. The van der Waals surface area contributed by atoms with Crippen molar-refractivity contribution in [3.05, 3.63) is 102 Å². The van der Waals surface area contributed by atoms with E-state index >= 15 is 0 Å². The van der Waals surface area contributed by atoms with Crippen LogP contribution in [0.15, 0.2) is 84.0 Å². The summed E-state index contributed by atoms with van der Waals surface area (Å²) in [5.74, 6) is 6.44. The molecule has 0 saturated carbocycles. The minimum absolute atomic E-state index is 0.00421. The fourth-order valence-electron chi connectivity index (χ4n) is 4.11. The highest BCUT2D eigenvalue weighted by Gasteiger charge is 2.35. The average Bonchev–Trinajstić information content (AvgIpc) is 3.30. The van der Waals surface area contributed by atoms with E-state index in [1.54, 1.807) is 36.4 Å². The van der Waals surface area contributed by atoms with Gasteiger partial charge in [0.2, 0.25) is 0 Å². The van der Waals surface area contributed by atoms with Crippen LogP contribution >= 0.6 is 0 Å². The molecule has 0 aliphatic carbocycles. The third-order valence-electron chi connectivity index (χ3n) is 6.07. The Morgan fingerprint density at radius 2 is 1.62 bits per heavy atom. The van der Waals surface area contributed by atoms with Gasteiger partial charge in [-0.2, -0.15) is 26.3 Å². The Morgan fingerprint density at radius 3 is 2.23 bits per heavy atom. The van der Waals surface area contributed by atoms with E-state index in [0.717, 1.165) is 29.5 Å². The van der Waals surface area contributed by atoms with Crippen molar-refractivity contribution in [3.8, 4) is 16.8 Å². The van der Waals surface area contributed by atoms with Crippen LogP contribution in [-0.4, -0.2) is 20.0 Å². The van der Waals surface area contributed by atoms with Crippen LogP contribution in [0.2, 0.25) is 0 Å². The summed E-state index contributed by atoms with van der Waals surface area (Å²) in [5.41, 5.74) is 5.20. The van der Waals surface area contributed by atoms with Crippen LogP contribution in [0.3, 0.4) is 0 Å². The van der Waals surface area contributed by atoms with Crippen molar-refractivity contribution in [1.29, 1.82) is 0 Å². The maximum absolute atomic E-state index is 13.4. The van der Waals surface area contributed by atoms with Crippen LogP contribution in [-0.2, 0) is 23.2 Å². The van der Waals surface area contributed by atoms with Gasteiger partial charge in [0, 0.05) is 39.9 Å². The fraction of sp³-hybridized carbons (Fsp3) is 0.148. The summed E-state index contributed by atoms with van der Waals surface area (Å²) in [5, 5.41) is 1.00. The summed E-state index contributed by atoms with van der Waals surface area (Å²) < 4.78 is 93.7. The van der Waals surface area contributed by atoms with Crippen molar-refractivity contribution in [2.75, 3.05) is 11.3 Å². The molecule has 1 heterocycles. The number of hydrazine groups is 1. The topological polar surface area (TPSA) is 90.2 Å². The summed E-state index contributed by atoms with van der Waals surface area (Å²) in [6.07, 6.45) is -6.02. The largest absolute Gasteiger partial charge is 0.434 e. The molecule has 0 spiro atoms. The summed E-state index contributed by atoms with van der Waals surface area (Å²) >= 11 is 0. The molecule has 0 bridgehead atoms. The van der Waals surface area contributed by atoms with E-state index in [1.807, 2.05) is 0 Å². The minimum Gasteiger partial charge on any atom is -0.403 e. The van der Waals surface area contributed by atoms with Crippen LogP contribution in [0.1, 0.15) is 22.6 Å². The Morgan fingerprint density at radius 1 is 0.950 bits per heavy atom. The van der Waals surface area contributed by atoms with Gasteiger partial charge in [-0.3, -0.25) is 9.22 Å². The number of rotatable bonds is 6. The van der Waals surface area contributed by atoms with E-state index in [0.29, 0.717) is 16.0 Å². The number of aromatic nitrogens is 2. The maximum atomic E-state index is 13.4. The molecule has 0 saturated heterocycles. The van der Waals surface area contributed by atoms with Gasteiger partial charge in [0.25, 0.3) is 0 Å². The molecule has 13 heteroatoms. The van der Waals surface area contributed by atoms with Crippen molar-refractivity contribution < 1.29 is 30.6 Å². The molecular weight excluding hydrogens is 556 g/mol. The van der Waals surface area contributed by atoms with Gasteiger partial charge in [-0.05, 0) is 54.4 Å². The van der Waals surface area contributed by atoms with Crippen LogP contribution in [0.25, 0.3) is 22.5 Å². The number of anilines is 1. The molecule has 6 nitrogen and oxygen atoms in total. The van der Waals surface area contributed by atoms with Crippen LogP contribution in [0.5, 0.6) is 0 Å². The van der Waals surface area contributed by atoms with Gasteiger partial charge >= 0.3 is 12.4 Å². The molecule has 3 aromatic carbocycles. The highest BCUT2D eigenvalue weighted by Crippen LogP contribution is 2.37. The van der Waals surface area contributed by atoms with Crippen molar-refractivity contribution in [3.63, 3.8) is 0 Å². The third kappa shape index (κ3) is 5.89. The van der Waals surface area contributed by atoms with E-state index in [1.165, 1.54) is 35.9 Å². The van der Waals surface area contributed by atoms with Gasteiger partial charge in [0.1, 0.15) is 5.82 Å². The molecule has 0 aliphatic heterocycles. The second-order valence-electron chi connectivity index (χ2n) is 8.73. The average molecular weight is 580 g/mol. The Hall–Kier alpha value is -4.10. The number of imidazole rings is 1. The molecular formula is C27H23F6N5OS. The van der Waals surface area contributed by atoms with Crippen molar-refractivity contribution in [2.24, 2.45) is 11.6 Å². The van der Waals surface area contributed by atoms with Gasteiger partial charge < -0.3 is 10.3 Å². The number of halogens is 6. The molecule has 4 N–H and O–H groups in total. The summed E-state index contributed by atoms with van der Waals surface area (Å²) in [6, 6.07) is 15.8. The Balaban J connectivity index is 1.92. The van der Waals surface area contributed by atoms with Crippen LogP contribution in [0, 0.1) is 6.92 Å². The molecule has 0 radical (unpaired) electrons. The number of nitrogens with two attached hydrogens (primary N) is 2. The van der Waals surface area contributed by atoms with E-state index in [2.05, 4.69) is 4.98 Å². The van der Waals surface area contributed by atoms with E-state index in [4.69, 9.17) is 11.6 Å². The molecule has 0 amide bonds. The SMILES string of the molecule is Cc1nc(C(F)(F)F)cn1-c1ccc(-c2cccc(S(C)=O)c2)cc1N(N)/C(=C\N)c1cccc(C(F)(F)F)c1. The Kier molecular flexibility index (Phi) is 7.81. The molecule has 210 valence electrons. The van der Waals surface area contributed by atoms with Gasteiger partial charge in [0.05, 0.1) is 22.6 Å². The highest BCUT2D eigenvalue weighted by molar-refractivity contribution is 7.84. The van der Waals surface area contributed by atoms with Crippen LogP contribution < -0.4 is 16.6 Å². The standard InChI is InChI=1S/C27H23F6N5OS/c1-16-36-25(27(31,32)33)15-37(16)22-10-9-18(17-5-4-8-21(12-17)40(2)39)13-23(22)38(35)24(14-34)19-6-3-7-20(11-19)26(28,29)30/h3-15H,34-35H2,1-2H3/b24-14-. The monoisotopic (exact) mass is 579 g/mol. The zero-order chi connectivity index (χ0) is 29.4. The molecule has 4 rings (SSSR count). The summed E-state index contributed by atoms with van der Waals surface area (Å²) in [4.78, 5) is 4.15. The molecule has 1 unspecified atom stereocenters. The first-order valence-electron chi connectivity index (χ1n) is 11.6. The third-order valence-corrected chi connectivity index (χ3v) is 6.99. The molecule has 0 fully saturated rings. The molecule has 4 aromatic rings. The Labute approximate surface area is 228 Å². The van der Waals surface area contributed by atoms with Crippen molar-refractivity contribution >= 4 is 22.2 Å². The van der Waals surface area contributed by atoms with E-state index in [-0.39, 0.29) is 28.5 Å². The number of benzene rings is 3. The van der Waals surface area contributed by atoms with E-state index < -0.39 is 34.4 Å². The van der Waals surface area contributed by atoms with Gasteiger partial charge in [-0.25, -0.2) is 10.8 Å². The first-order chi connectivity index (χ1) is 18.7. The van der Waals surface area contributed by atoms with Gasteiger partial charge in [-0.1, -0.05) is 30.3 Å². The van der Waals surface area contributed by atoms with Gasteiger partial charge in [0.15, 0.2) is 5.69 Å². The van der Waals surface area contributed by atoms with Gasteiger partial charge in [-0.15, -0.1) is 0 Å². The predicted octanol–water partition coefficient (Wildman–Crippen LogP) is 6.26. The quantitative estimate of drug-likeness (QED) is 0.160. The first kappa shape index (κ1) is 28.9. The van der Waals surface area contributed by atoms with Crippen LogP contribution in [0.4, 0.5) is 32.0 Å². The fourth-order valence-corrected chi connectivity index (χ4v) is 4.67. The summed E-state index contributed by atoms with van der Waals surface area (Å²) in [7, 11) is -1.29. The number of aryl methyl sites for hydroxylation is 1. The molecule has 1 atom stereocenters. The number of nitrogens with zero attached hydrogens (tertiary/aromatic N) is 3. The second kappa shape index (κ2) is 10.8. The zero-order valence-electron chi connectivity index (χ0n) is 21.1. The lowest BCUT2D eigenvalue weighted by atomic mass is 10.0. The first-order valence-corrected chi connectivity index (χ1v) is 13.1. The smallest absolute Gasteiger partial charge is 0.403 e. The Bertz CT molecular complexity index is 1610. The molecule has 1 aromatic heterocycles. The molecule has 0 aliphatic rings. The number of hydrogen-bond donors (Lipinski definition) is 2. The van der Waals surface area contributed by atoms with Crippen molar-refractivity contribution in [1.82, 2.24) is 9.55 Å². The zero-order valence-corrected chi connectivity index (χ0v) is 21.9. The maximum Gasteiger partial charge on any atom is 0.434 e. The second-order valence-corrected chi connectivity index (χ2v) is 10.1. The summed E-state index contributed by atoms with van der Waals surface area (Å²) in [6.45, 7) is 1.38. The molecule has 40 heavy (non-hydrogen) atoms. The predicted molar refractivity (Wildman–Crippen MR) is 141 cm³/mol. The highest BCUT2D eigenvalue weighted by atomic mass is 32.2.